The fraction of sp³-hybridized carbons (Fsp3) is 0.556. The monoisotopic (exact) mass is 212 g/mol. The second-order valence-electron chi connectivity index (χ2n) is 3.30. The number of carbonyl (C=O) groups is 1. The Labute approximate surface area is 88.1 Å². The van der Waals surface area contributed by atoms with Crippen LogP contribution >= 0.6 is 0 Å². The van der Waals surface area contributed by atoms with Crippen LogP contribution in [0.5, 0.6) is 0 Å². The highest BCUT2D eigenvalue weighted by molar-refractivity contribution is 5.73. The Kier molecular flexibility index (Phi) is 4.79. The van der Waals surface area contributed by atoms with Gasteiger partial charge in [0.25, 0.3) is 0 Å². The van der Waals surface area contributed by atoms with Gasteiger partial charge in [-0.2, -0.15) is 0 Å². The molecule has 0 aromatic carbocycles. The molecule has 0 saturated heterocycles. The maximum Gasteiger partial charge on any atom is 0.321 e. The van der Waals surface area contributed by atoms with E-state index >= 15 is 0 Å². The summed E-state index contributed by atoms with van der Waals surface area (Å²) >= 11 is 0. The number of nitrogens with zero attached hydrogens (tertiary/aromatic N) is 2. The van der Waals surface area contributed by atoms with Gasteiger partial charge in [0.05, 0.1) is 6.33 Å². The summed E-state index contributed by atoms with van der Waals surface area (Å²) in [5.41, 5.74) is 5.32. The Hall–Kier alpha value is -1.40. The minimum absolute atomic E-state index is 0.305. The number of nitrogens with one attached hydrogen (secondary N) is 1. The van der Waals surface area contributed by atoms with Gasteiger partial charge in [0.2, 0.25) is 0 Å². The van der Waals surface area contributed by atoms with E-state index in [4.69, 9.17) is 10.8 Å². The van der Waals surface area contributed by atoms with E-state index in [1.54, 1.807) is 12.5 Å². The first-order chi connectivity index (χ1) is 7.20. The topological polar surface area (TPSA) is 93.2 Å². The largest absolute Gasteiger partial charge is 0.480 e. The van der Waals surface area contributed by atoms with Crippen LogP contribution in [-0.4, -0.2) is 39.8 Å². The average molecular weight is 212 g/mol. The predicted molar refractivity (Wildman–Crippen MR) is 55.3 cm³/mol. The standard InChI is InChI=1S/C9H16N4O2/c10-8(9(14)15)6-11-2-1-4-13-5-3-12-7-13/h3,5,7-8,11H,1-2,4,6,10H2,(H,14,15). The van der Waals surface area contributed by atoms with E-state index < -0.39 is 12.0 Å². The Morgan fingerprint density at radius 1 is 1.67 bits per heavy atom. The molecule has 0 aliphatic rings. The number of nitrogens with two attached hydrogens (primary N) is 1. The third-order valence-corrected chi connectivity index (χ3v) is 2.01. The lowest BCUT2D eigenvalue weighted by Gasteiger charge is -2.08. The molecule has 15 heavy (non-hydrogen) atoms. The summed E-state index contributed by atoms with van der Waals surface area (Å²) in [4.78, 5) is 14.3. The van der Waals surface area contributed by atoms with Crippen molar-refractivity contribution in [2.75, 3.05) is 13.1 Å². The zero-order valence-corrected chi connectivity index (χ0v) is 8.47. The molecule has 84 valence electrons. The Balaban J connectivity index is 2.00. The molecule has 0 amide bonds. The van der Waals surface area contributed by atoms with Crippen molar-refractivity contribution in [3.63, 3.8) is 0 Å². The summed E-state index contributed by atoms with van der Waals surface area (Å²) in [6.45, 7) is 1.92. The van der Waals surface area contributed by atoms with Crippen LogP contribution in [-0.2, 0) is 11.3 Å². The second-order valence-corrected chi connectivity index (χ2v) is 3.30. The second kappa shape index (κ2) is 6.15. The number of carboxylic acids is 1. The van der Waals surface area contributed by atoms with Gasteiger partial charge in [-0.05, 0) is 13.0 Å². The molecule has 1 aromatic rings. The van der Waals surface area contributed by atoms with Gasteiger partial charge in [0.15, 0.2) is 0 Å². The lowest BCUT2D eigenvalue weighted by molar-refractivity contribution is -0.138. The molecule has 1 aromatic heterocycles. The lowest BCUT2D eigenvalue weighted by atomic mass is 10.3. The molecule has 6 nitrogen and oxygen atoms in total. The number of hydrogen-bond donors (Lipinski definition) is 3. The van der Waals surface area contributed by atoms with Crippen molar-refractivity contribution < 1.29 is 9.90 Å². The van der Waals surface area contributed by atoms with Crippen LogP contribution in [0.25, 0.3) is 0 Å². The number of rotatable bonds is 7. The molecule has 0 aliphatic carbocycles. The molecule has 1 unspecified atom stereocenters. The molecule has 0 saturated carbocycles. The van der Waals surface area contributed by atoms with Crippen molar-refractivity contribution >= 4 is 5.97 Å². The normalized spacial score (nSPS) is 12.6. The van der Waals surface area contributed by atoms with E-state index in [1.807, 2.05) is 10.8 Å². The number of aliphatic carboxylic acids is 1. The quantitative estimate of drug-likeness (QED) is 0.518. The maximum absolute atomic E-state index is 10.4. The van der Waals surface area contributed by atoms with Crippen LogP contribution < -0.4 is 11.1 Å². The molecule has 0 radical (unpaired) electrons. The van der Waals surface area contributed by atoms with Crippen molar-refractivity contribution in [1.82, 2.24) is 14.9 Å². The van der Waals surface area contributed by atoms with Crippen molar-refractivity contribution in [1.29, 1.82) is 0 Å². The third kappa shape index (κ3) is 4.57. The average Bonchev–Trinajstić information content (AvgIpc) is 2.69. The Morgan fingerprint density at radius 3 is 3.07 bits per heavy atom. The maximum atomic E-state index is 10.4. The first-order valence-corrected chi connectivity index (χ1v) is 4.85. The fourth-order valence-electron chi connectivity index (χ4n) is 1.15. The zero-order valence-electron chi connectivity index (χ0n) is 8.47. The Bertz CT molecular complexity index is 286. The number of carboxylic acid groups (broad SMARTS) is 1. The number of aromatic nitrogens is 2. The molecular weight excluding hydrogens is 196 g/mol. The van der Waals surface area contributed by atoms with Gasteiger partial charge in [0.1, 0.15) is 6.04 Å². The van der Waals surface area contributed by atoms with E-state index in [-0.39, 0.29) is 0 Å². The number of imidazole rings is 1. The highest BCUT2D eigenvalue weighted by atomic mass is 16.4. The molecule has 0 bridgehead atoms. The molecule has 1 atom stereocenters. The number of hydrogen-bond acceptors (Lipinski definition) is 4. The summed E-state index contributed by atoms with van der Waals surface area (Å²) < 4.78 is 1.97. The van der Waals surface area contributed by atoms with Gasteiger partial charge in [-0.15, -0.1) is 0 Å². The smallest absolute Gasteiger partial charge is 0.321 e. The van der Waals surface area contributed by atoms with E-state index in [0.717, 1.165) is 19.5 Å². The molecule has 1 rings (SSSR count). The van der Waals surface area contributed by atoms with Gasteiger partial charge < -0.3 is 20.7 Å². The third-order valence-electron chi connectivity index (χ3n) is 2.01. The van der Waals surface area contributed by atoms with Gasteiger partial charge in [-0.1, -0.05) is 0 Å². The van der Waals surface area contributed by atoms with Gasteiger partial charge >= 0.3 is 5.97 Å². The first-order valence-electron chi connectivity index (χ1n) is 4.85. The zero-order chi connectivity index (χ0) is 11.1. The van der Waals surface area contributed by atoms with Crippen molar-refractivity contribution in [2.24, 2.45) is 5.73 Å². The molecular formula is C9H16N4O2. The van der Waals surface area contributed by atoms with E-state index in [1.165, 1.54) is 0 Å². The number of aryl methyl sites for hydroxylation is 1. The first kappa shape index (κ1) is 11.7. The SMILES string of the molecule is NC(CNCCCn1ccnc1)C(=O)O. The fourth-order valence-corrected chi connectivity index (χ4v) is 1.15. The van der Waals surface area contributed by atoms with Crippen LogP contribution in [0.1, 0.15) is 6.42 Å². The minimum atomic E-state index is -0.975. The summed E-state index contributed by atoms with van der Waals surface area (Å²) in [5, 5.41) is 11.5. The predicted octanol–water partition coefficient (Wildman–Crippen LogP) is -0.725. The lowest BCUT2D eigenvalue weighted by Crippen LogP contribution is -2.40. The molecule has 6 heteroatoms. The van der Waals surface area contributed by atoms with Gasteiger partial charge in [0, 0.05) is 25.5 Å². The highest BCUT2D eigenvalue weighted by Gasteiger charge is 2.09. The van der Waals surface area contributed by atoms with Gasteiger partial charge in [-0.3, -0.25) is 4.79 Å². The van der Waals surface area contributed by atoms with E-state index in [2.05, 4.69) is 10.3 Å². The molecule has 0 aliphatic heterocycles. The van der Waals surface area contributed by atoms with Crippen LogP contribution in [0.15, 0.2) is 18.7 Å². The van der Waals surface area contributed by atoms with Crippen LogP contribution in [0.2, 0.25) is 0 Å². The molecule has 0 fully saturated rings. The van der Waals surface area contributed by atoms with E-state index in [9.17, 15) is 4.79 Å². The summed E-state index contributed by atoms with van der Waals surface area (Å²) in [6, 6.07) is -0.821. The van der Waals surface area contributed by atoms with Crippen LogP contribution in [0, 0.1) is 0 Å². The molecule has 0 spiro atoms. The van der Waals surface area contributed by atoms with Crippen molar-refractivity contribution in [3.8, 4) is 0 Å². The van der Waals surface area contributed by atoms with Crippen LogP contribution in [0.3, 0.4) is 0 Å². The minimum Gasteiger partial charge on any atom is -0.480 e. The molecule has 4 N–H and O–H groups in total. The van der Waals surface area contributed by atoms with Crippen molar-refractivity contribution in [3.05, 3.63) is 18.7 Å². The Morgan fingerprint density at radius 2 is 2.47 bits per heavy atom. The van der Waals surface area contributed by atoms with Crippen molar-refractivity contribution in [2.45, 2.75) is 19.0 Å². The van der Waals surface area contributed by atoms with Gasteiger partial charge in [-0.25, -0.2) is 4.98 Å². The van der Waals surface area contributed by atoms with E-state index in [0.29, 0.717) is 6.54 Å². The highest BCUT2D eigenvalue weighted by Crippen LogP contribution is 1.88. The van der Waals surface area contributed by atoms with Crippen LogP contribution in [0.4, 0.5) is 0 Å². The summed E-state index contributed by atoms with van der Waals surface area (Å²) in [5.74, 6) is -0.975. The summed E-state index contributed by atoms with van der Waals surface area (Å²) in [7, 11) is 0. The summed E-state index contributed by atoms with van der Waals surface area (Å²) in [6.07, 6.45) is 6.29. The molecule has 1 heterocycles.